The molecule has 3 atom stereocenters. The Morgan fingerprint density at radius 1 is 1.21 bits per heavy atom. The van der Waals surface area contributed by atoms with Crippen molar-refractivity contribution in [3.05, 3.63) is 65.0 Å². The predicted octanol–water partition coefficient (Wildman–Crippen LogP) is 4.47. The minimum atomic E-state index is -0.524. The largest absolute Gasteiger partial charge is 0.465 e. The SMILES string of the molecule is COC(=O)c1cc(F)cc(NC2(Cc3ccccc3)C[C@@H](C)N[C@@H](C)C2)c1C. The summed E-state index contributed by atoms with van der Waals surface area (Å²) in [6.07, 6.45) is 2.62. The molecule has 0 bridgehead atoms. The summed E-state index contributed by atoms with van der Waals surface area (Å²) < 4.78 is 19.1. The molecule has 0 amide bonds. The molecule has 1 aliphatic rings. The van der Waals surface area contributed by atoms with Crippen LogP contribution in [0, 0.1) is 12.7 Å². The van der Waals surface area contributed by atoms with Crippen molar-refractivity contribution in [3.63, 3.8) is 0 Å². The van der Waals surface area contributed by atoms with Gasteiger partial charge < -0.3 is 15.4 Å². The van der Waals surface area contributed by atoms with Gasteiger partial charge in [-0.25, -0.2) is 9.18 Å². The number of hydrogen-bond acceptors (Lipinski definition) is 4. The molecule has 1 unspecified atom stereocenters. The number of carbonyl (C=O) groups is 1. The van der Waals surface area contributed by atoms with Crippen LogP contribution in [-0.2, 0) is 11.2 Å². The van der Waals surface area contributed by atoms with Gasteiger partial charge in [-0.15, -0.1) is 0 Å². The van der Waals surface area contributed by atoms with E-state index in [2.05, 4.69) is 36.6 Å². The van der Waals surface area contributed by atoms with E-state index in [0.717, 1.165) is 19.3 Å². The van der Waals surface area contributed by atoms with E-state index in [4.69, 9.17) is 4.74 Å². The van der Waals surface area contributed by atoms with E-state index in [-0.39, 0.29) is 11.1 Å². The van der Waals surface area contributed by atoms with Gasteiger partial charge in [0.05, 0.1) is 12.7 Å². The number of carbonyl (C=O) groups excluding carboxylic acids is 1. The number of ether oxygens (including phenoxy) is 1. The second-order valence-electron chi connectivity index (χ2n) is 8.06. The molecule has 3 rings (SSSR count). The zero-order valence-corrected chi connectivity index (χ0v) is 17.0. The van der Waals surface area contributed by atoms with Gasteiger partial charge in [0.15, 0.2) is 0 Å². The van der Waals surface area contributed by atoms with Gasteiger partial charge in [-0.1, -0.05) is 30.3 Å². The van der Waals surface area contributed by atoms with Gasteiger partial charge in [-0.05, 0) is 63.3 Å². The molecule has 2 N–H and O–H groups in total. The molecule has 1 fully saturated rings. The summed E-state index contributed by atoms with van der Waals surface area (Å²) in [5, 5.41) is 7.23. The molecule has 5 heteroatoms. The van der Waals surface area contributed by atoms with E-state index < -0.39 is 11.8 Å². The Balaban J connectivity index is 2.00. The Morgan fingerprint density at radius 2 is 1.86 bits per heavy atom. The Kier molecular flexibility index (Phi) is 6.04. The molecule has 4 nitrogen and oxygen atoms in total. The van der Waals surface area contributed by atoms with Crippen LogP contribution in [-0.4, -0.2) is 30.7 Å². The summed E-state index contributed by atoms with van der Waals surface area (Å²) in [5.74, 6) is -0.970. The molecule has 0 saturated carbocycles. The maximum Gasteiger partial charge on any atom is 0.338 e. The van der Waals surface area contributed by atoms with Crippen molar-refractivity contribution >= 4 is 11.7 Å². The van der Waals surface area contributed by atoms with Crippen LogP contribution in [0.3, 0.4) is 0 Å². The number of rotatable bonds is 5. The molecule has 1 saturated heterocycles. The van der Waals surface area contributed by atoms with Gasteiger partial charge in [0.1, 0.15) is 5.82 Å². The second kappa shape index (κ2) is 8.31. The first kappa shape index (κ1) is 20.3. The number of anilines is 1. The van der Waals surface area contributed by atoms with E-state index in [9.17, 15) is 9.18 Å². The number of hydrogen-bond donors (Lipinski definition) is 2. The van der Waals surface area contributed by atoms with Crippen LogP contribution in [0.5, 0.6) is 0 Å². The Hall–Kier alpha value is -2.40. The molecule has 0 spiro atoms. The minimum Gasteiger partial charge on any atom is -0.465 e. The van der Waals surface area contributed by atoms with Gasteiger partial charge in [0.2, 0.25) is 0 Å². The van der Waals surface area contributed by atoms with Crippen molar-refractivity contribution in [2.45, 2.75) is 57.7 Å². The van der Waals surface area contributed by atoms with E-state index in [1.807, 2.05) is 25.1 Å². The Labute approximate surface area is 166 Å². The third-order valence-corrected chi connectivity index (χ3v) is 5.53. The topological polar surface area (TPSA) is 50.4 Å². The first-order valence-electron chi connectivity index (χ1n) is 9.78. The summed E-state index contributed by atoms with van der Waals surface area (Å²) in [6, 6.07) is 13.7. The smallest absolute Gasteiger partial charge is 0.338 e. The third kappa shape index (κ3) is 4.53. The first-order chi connectivity index (χ1) is 13.3. The number of piperidine rings is 1. The van der Waals surface area contributed by atoms with Crippen molar-refractivity contribution in [1.29, 1.82) is 0 Å². The standard InChI is InChI=1S/C23H29FN2O2/c1-15-12-23(13-16(2)25-15,14-18-8-6-5-7-9-18)26-21-11-19(24)10-20(17(21)3)22(27)28-4/h5-11,15-16,25-26H,12-14H2,1-4H3/t15-,16+,23?. The van der Waals surface area contributed by atoms with Gasteiger partial charge in [0, 0.05) is 23.3 Å². The van der Waals surface area contributed by atoms with E-state index in [1.54, 1.807) is 0 Å². The summed E-state index contributed by atoms with van der Waals surface area (Å²) in [7, 11) is 1.31. The van der Waals surface area contributed by atoms with Crippen LogP contribution in [0.2, 0.25) is 0 Å². The number of benzene rings is 2. The first-order valence-corrected chi connectivity index (χ1v) is 9.78. The highest BCUT2D eigenvalue weighted by atomic mass is 19.1. The number of esters is 1. The molecule has 0 aromatic heterocycles. The zero-order valence-electron chi connectivity index (χ0n) is 17.0. The molecule has 1 heterocycles. The van der Waals surface area contributed by atoms with Crippen LogP contribution >= 0.6 is 0 Å². The molecule has 1 aliphatic heterocycles. The summed E-state index contributed by atoms with van der Waals surface area (Å²) >= 11 is 0. The molecule has 2 aromatic rings. The van der Waals surface area contributed by atoms with Crippen LogP contribution in [0.15, 0.2) is 42.5 Å². The van der Waals surface area contributed by atoms with E-state index in [0.29, 0.717) is 23.3 Å². The van der Waals surface area contributed by atoms with Crippen molar-refractivity contribution in [2.75, 3.05) is 12.4 Å². The van der Waals surface area contributed by atoms with Crippen LogP contribution in [0.1, 0.15) is 48.2 Å². The quantitative estimate of drug-likeness (QED) is 0.747. The van der Waals surface area contributed by atoms with Crippen molar-refractivity contribution in [1.82, 2.24) is 5.32 Å². The highest BCUT2D eigenvalue weighted by molar-refractivity contribution is 5.92. The van der Waals surface area contributed by atoms with Crippen molar-refractivity contribution < 1.29 is 13.9 Å². The number of halogens is 1. The summed E-state index contributed by atoms with van der Waals surface area (Å²) in [6.45, 7) is 6.18. The lowest BCUT2D eigenvalue weighted by atomic mass is 9.76. The minimum absolute atomic E-state index is 0.239. The molecule has 28 heavy (non-hydrogen) atoms. The lowest BCUT2D eigenvalue weighted by molar-refractivity contribution is 0.0599. The Morgan fingerprint density at radius 3 is 2.46 bits per heavy atom. The summed E-state index contributed by atoms with van der Waals surface area (Å²) in [4.78, 5) is 12.1. The van der Waals surface area contributed by atoms with Gasteiger partial charge in [-0.3, -0.25) is 0 Å². The molecule has 150 valence electrons. The van der Waals surface area contributed by atoms with Crippen LogP contribution in [0.4, 0.5) is 10.1 Å². The molecular weight excluding hydrogens is 355 g/mol. The monoisotopic (exact) mass is 384 g/mol. The molecule has 0 aliphatic carbocycles. The fraction of sp³-hybridized carbons (Fsp3) is 0.435. The highest BCUT2D eigenvalue weighted by Gasteiger charge is 2.38. The normalized spacial score (nSPS) is 24.6. The lowest BCUT2D eigenvalue weighted by Crippen LogP contribution is -2.56. The van der Waals surface area contributed by atoms with Crippen molar-refractivity contribution in [3.8, 4) is 0 Å². The fourth-order valence-electron chi connectivity index (χ4n) is 4.55. The lowest BCUT2D eigenvalue weighted by Gasteiger charge is -2.45. The zero-order chi connectivity index (χ0) is 20.3. The number of methoxy groups -OCH3 is 1. The maximum atomic E-state index is 14.3. The predicted molar refractivity (Wildman–Crippen MR) is 110 cm³/mol. The maximum absolute atomic E-state index is 14.3. The van der Waals surface area contributed by atoms with Crippen molar-refractivity contribution in [2.24, 2.45) is 0 Å². The Bertz CT molecular complexity index is 828. The van der Waals surface area contributed by atoms with E-state index in [1.165, 1.54) is 24.8 Å². The second-order valence-corrected chi connectivity index (χ2v) is 8.06. The molecule has 2 aromatic carbocycles. The fourth-order valence-corrected chi connectivity index (χ4v) is 4.55. The van der Waals surface area contributed by atoms with Gasteiger partial charge in [0.25, 0.3) is 0 Å². The molecule has 0 radical (unpaired) electrons. The number of nitrogens with one attached hydrogen (secondary N) is 2. The molecular formula is C23H29FN2O2. The van der Waals surface area contributed by atoms with Gasteiger partial charge in [-0.2, -0.15) is 0 Å². The van der Waals surface area contributed by atoms with Crippen LogP contribution in [0.25, 0.3) is 0 Å². The average molecular weight is 384 g/mol. The van der Waals surface area contributed by atoms with Gasteiger partial charge >= 0.3 is 5.97 Å². The summed E-state index contributed by atoms with van der Waals surface area (Å²) in [5.41, 5.74) is 2.61. The average Bonchev–Trinajstić information content (AvgIpc) is 2.63. The highest BCUT2D eigenvalue weighted by Crippen LogP contribution is 2.35. The van der Waals surface area contributed by atoms with E-state index >= 15 is 0 Å². The third-order valence-electron chi connectivity index (χ3n) is 5.53. The van der Waals surface area contributed by atoms with Crippen LogP contribution < -0.4 is 10.6 Å².